The van der Waals surface area contributed by atoms with Crippen molar-refractivity contribution in [3.63, 3.8) is 0 Å². The molecular formula is C14H14Br2N2O3. The number of nitrogens with zero attached hydrogens (tertiary/aromatic N) is 1. The van der Waals surface area contributed by atoms with E-state index in [1.165, 1.54) is 0 Å². The number of hydrogen-bond donors (Lipinski definition) is 1. The van der Waals surface area contributed by atoms with Crippen LogP contribution < -0.4 is 10.2 Å². The summed E-state index contributed by atoms with van der Waals surface area (Å²) in [4.78, 5) is 38.0. The number of hydrogen-bond acceptors (Lipinski definition) is 3. The summed E-state index contributed by atoms with van der Waals surface area (Å²) in [5.74, 6) is -1.00. The molecular weight excluding hydrogens is 404 g/mol. The van der Waals surface area contributed by atoms with Gasteiger partial charge in [0.15, 0.2) is 0 Å². The van der Waals surface area contributed by atoms with E-state index in [9.17, 15) is 14.4 Å². The first-order valence-electron chi connectivity index (χ1n) is 6.52. The summed E-state index contributed by atoms with van der Waals surface area (Å²) in [6, 6.07) is 4.41. The lowest BCUT2D eigenvalue weighted by Crippen LogP contribution is -2.64. The molecule has 7 heteroatoms. The van der Waals surface area contributed by atoms with E-state index >= 15 is 0 Å². The fourth-order valence-electron chi connectivity index (χ4n) is 2.43. The van der Waals surface area contributed by atoms with Gasteiger partial charge in [-0.3, -0.25) is 14.9 Å². The average molecular weight is 418 g/mol. The number of amides is 4. The molecule has 1 aliphatic rings. The molecule has 0 unspecified atom stereocenters. The van der Waals surface area contributed by atoms with E-state index in [4.69, 9.17) is 0 Å². The van der Waals surface area contributed by atoms with Gasteiger partial charge in [-0.2, -0.15) is 0 Å². The Balaban J connectivity index is 2.54. The number of nitrogens with one attached hydrogen (secondary N) is 1. The largest absolute Gasteiger partial charge is 0.335 e. The molecule has 2 rings (SSSR count). The minimum atomic E-state index is -1.19. The number of carbonyl (C=O) groups is 3. The SMILES string of the molecule is CCC1(CC)C(=O)NC(=O)N(c2ccc(Br)cc2Br)C1=O. The Kier molecular flexibility index (Phi) is 4.53. The van der Waals surface area contributed by atoms with Crippen LogP contribution in [-0.2, 0) is 9.59 Å². The molecule has 0 spiro atoms. The summed E-state index contributed by atoms with van der Waals surface area (Å²) in [5.41, 5.74) is -0.778. The van der Waals surface area contributed by atoms with Gasteiger partial charge in [-0.1, -0.05) is 29.8 Å². The number of benzene rings is 1. The van der Waals surface area contributed by atoms with Gasteiger partial charge in [-0.05, 0) is 47.0 Å². The number of carbonyl (C=O) groups excluding carboxylic acids is 3. The first-order chi connectivity index (χ1) is 9.87. The van der Waals surface area contributed by atoms with Gasteiger partial charge >= 0.3 is 6.03 Å². The van der Waals surface area contributed by atoms with Crippen molar-refractivity contribution in [1.82, 2.24) is 5.32 Å². The third-order valence-electron chi connectivity index (χ3n) is 3.83. The van der Waals surface area contributed by atoms with Gasteiger partial charge in [0.2, 0.25) is 5.91 Å². The molecule has 1 aromatic carbocycles. The minimum Gasteiger partial charge on any atom is -0.276 e. The van der Waals surface area contributed by atoms with Crippen LogP contribution in [0.2, 0.25) is 0 Å². The van der Waals surface area contributed by atoms with E-state index in [-0.39, 0.29) is 0 Å². The van der Waals surface area contributed by atoms with Crippen molar-refractivity contribution >= 4 is 55.4 Å². The summed E-state index contributed by atoms with van der Waals surface area (Å²) in [6.07, 6.45) is 0.679. The Labute approximate surface area is 139 Å². The van der Waals surface area contributed by atoms with E-state index in [1.807, 2.05) is 0 Å². The maximum Gasteiger partial charge on any atom is 0.335 e. The lowest BCUT2D eigenvalue weighted by atomic mass is 9.78. The van der Waals surface area contributed by atoms with E-state index in [1.54, 1.807) is 32.0 Å². The second kappa shape index (κ2) is 5.88. The van der Waals surface area contributed by atoms with Gasteiger partial charge in [-0.15, -0.1) is 0 Å². The highest BCUT2D eigenvalue weighted by Crippen LogP contribution is 2.37. The zero-order valence-electron chi connectivity index (χ0n) is 11.6. The van der Waals surface area contributed by atoms with Gasteiger partial charge < -0.3 is 0 Å². The number of rotatable bonds is 3. The maximum atomic E-state index is 12.8. The molecule has 0 bridgehead atoms. The number of halogens is 2. The maximum absolute atomic E-state index is 12.8. The van der Waals surface area contributed by atoms with Crippen LogP contribution in [0.1, 0.15) is 26.7 Å². The van der Waals surface area contributed by atoms with Crippen LogP contribution in [0.15, 0.2) is 27.1 Å². The van der Waals surface area contributed by atoms with Crippen LogP contribution in [0.25, 0.3) is 0 Å². The molecule has 4 amide bonds. The molecule has 21 heavy (non-hydrogen) atoms. The van der Waals surface area contributed by atoms with Crippen LogP contribution in [0.4, 0.5) is 10.5 Å². The van der Waals surface area contributed by atoms with Crippen molar-refractivity contribution < 1.29 is 14.4 Å². The summed E-state index contributed by atoms with van der Waals surface area (Å²) in [5, 5.41) is 2.29. The highest BCUT2D eigenvalue weighted by Gasteiger charge is 2.52. The van der Waals surface area contributed by atoms with Crippen molar-refractivity contribution in [2.75, 3.05) is 4.90 Å². The van der Waals surface area contributed by atoms with E-state index in [0.29, 0.717) is 23.0 Å². The molecule has 1 heterocycles. The Morgan fingerprint density at radius 1 is 1.14 bits per heavy atom. The fourth-order valence-corrected chi connectivity index (χ4v) is 3.66. The molecule has 1 fully saturated rings. The highest BCUT2D eigenvalue weighted by atomic mass is 79.9. The topological polar surface area (TPSA) is 66.5 Å². The molecule has 0 saturated carbocycles. The molecule has 112 valence electrons. The quantitative estimate of drug-likeness (QED) is 0.764. The monoisotopic (exact) mass is 416 g/mol. The van der Waals surface area contributed by atoms with Crippen LogP contribution >= 0.6 is 31.9 Å². The van der Waals surface area contributed by atoms with Gasteiger partial charge in [-0.25, -0.2) is 9.69 Å². The second-order valence-corrected chi connectivity index (χ2v) is 6.55. The van der Waals surface area contributed by atoms with Crippen molar-refractivity contribution in [1.29, 1.82) is 0 Å². The van der Waals surface area contributed by atoms with Crippen molar-refractivity contribution in [2.24, 2.45) is 5.41 Å². The zero-order valence-corrected chi connectivity index (χ0v) is 14.7. The third-order valence-corrected chi connectivity index (χ3v) is 4.96. The van der Waals surface area contributed by atoms with Crippen molar-refractivity contribution in [3.05, 3.63) is 27.1 Å². The number of barbiturate groups is 1. The van der Waals surface area contributed by atoms with Gasteiger partial charge in [0.05, 0.1) is 5.69 Å². The summed E-state index contributed by atoms with van der Waals surface area (Å²) in [6.45, 7) is 3.54. The first-order valence-corrected chi connectivity index (χ1v) is 8.11. The Hall–Kier alpha value is -1.21. The second-order valence-electron chi connectivity index (χ2n) is 4.78. The normalized spacial score (nSPS) is 17.9. The molecule has 1 saturated heterocycles. The Morgan fingerprint density at radius 3 is 2.29 bits per heavy atom. The highest BCUT2D eigenvalue weighted by molar-refractivity contribution is 9.11. The predicted molar refractivity (Wildman–Crippen MR) is 85.9 cm³/mol. The predicted octanol–water partition coefficient (Wildman–Crippen LogP) is 3.60. The standard InChI is InChI=1S/C14H14Br2N2O3/c1-3-14(4-2)11(19)17-13(21)18(12(14)20)10-6-5-8(15)7-9(10)16/h5-7H,3-4H2,1-2H3,(H,17,19,21). The molecule has 0 radical (unpaired) electrons. The molecule has 1 aliphatic heterocycles. The fraction of sp³-hybridized carbons (Fsp3) is 0.357. The number of anilines is 1. The molecule has 0 aliphatic carbocycles. The third kappa shape index (κ3) is 2.53. The molecule has 5 nitrogen and oxygen atoms in total. The zero-order chi connectivity index (χ0) is 15.8. The summed E-state index contributed by atoms with van der Waals surface area (Å²) >= 11 is 6.67. The van der Waals surface area contributed by atoms with E-state index < -0.39 is 23.3 Å². The van der Waals surface area contributed by atoms with Crippen LogP contribution in [0.5, 0.6) is 0 Å². The molecule has 1 N–H and O–H groups in total. The van der Waals surface area contributed by atoms with Gasteiger partial charge in [0, 0.05) is 8.95 Å². The lowest BCUT2D eigenvalue weighted by molar-refractivity contribution is -0.143. The average Bonchev–Trinajstić information content (AvgIpc) is 2.42. The number of urea groups is 1. The molecule has 1 aromatic rings. The van der Waals surface area contributed by atoms with Gasteiger partial charge in [0.1, 0.15) is 5.41 Å². The van der Waals surface area contributed by atoms with Crippen molar-refractivity contribution in [3.8, 4) is 0 Å². The van der Waals surface area contributed by atoms with Crippen molar-refractivity contribution in [2.45, 2.75) is 26.7 Å². The molecule has 0 aromatic heterocycles. The Bertz CT molecular complexity index is 627. The van der Waals surface area contributed by atoms with E-state index in [2.05, 4.69) is 37.2 Å². The smallest absolute Gasteiger partial charge is 0.276 e. The number of imide groups is 2. The van der Waals surface area contributed by atoms with Crippen LogP contribution in [-0.4, -0.2) is 17.8 Å². The minimum absolute atomic E-state index is 0.339. The summed E-state index contributed by atoms with van der Waals surface area (Å²) in [7, 11) is 0. The van der Waals surface area contributed by atoms with E-state index in [0.717, 1.165) is 9.37 Å². The molecule has 0 atom stereocenters. The lowest BCUT2D eigenvalue weighted by Gasteiger charge is -2.38. The van der Waals surface area contributed by atoms with Gasteiger partial charge in [0.25, 0.3) is 5.91 Å². The van der Waals surface area contributed by atoms with Crippen LogP contribution in [0, 0.1) is 5.41 Å². The van der Waals surface area contributed by atoms with Crippen LogP contribution in [0.3, 0.4) is 0 Å². The summed E-state index contributed by atoms with van der Waals surface area (Å²) < 4.78 is 1.41. The Morgan fingerprint density at radius 2 is 1.76 bits per heavy atom. The first kappa shape index (κ1) is 16.2.